The van der Waals surface area contributed by atoms with E-state index in [1.54, 1.807) is 6.07 Å². The van der Waals surface area contributed by atoms with Crippen LogP contribution in [0.25, 0.3) is 0 Å². The molecule has 1 aliphatic carbocycles. The van der Waals surface area contributed by atoms with Crippen molar-refractivity contribution in [3.63, 3.8) is 0 Å². The molecule has 0 atom stereocenters. The number of rotatable bonds is 4. The van der Waals surface area contributed by atoms with Crippen molar-refractivity contribution in [2.45, 2.75) is 40.6 Å². The summed E-state index contributed by atoms with van der Waals surface area (Å²) < 4.78 is 22.9. The molecule has 0 aliphatic heterocycles. The molecule has 0 bridgehead atoms. The van der Waals surface area contributed by atoms with E-state index in [9.17, 15) is 0 Å². The summed E-state index contributed by atoms with van der Waals surface area (Å²) in [6.45, 7) is 15.5. The van der Waals surface area contributed by atoms with Crippen molar-refractivity contribution >= 4 is 0 Å². The molecule has 1 aromatic rings. The van der Waals surface area contributed by atoms with Crippen molar-refractivity contribution in [2.75, 3.05) is 21.3 Å². The molecule has 2 rings (SSSR count). The molecule has 0 N–H and O–H groups in total. The first-order valence-corrected chi connectivity index (χ1v) is 7.87. The summed E-state index contributed by atoms with van der Waals surface area (Å²) in [4.78, 5) is 0. The molecule has 4 nitrogen and oxygen atoms in total. The molecule has 0 aromatic heterocycles. The van der Waals surface area contributed by atoms with Crippen LogP contribution in [0.1, 0.15) is 40.2 Å². The molecule has 1 aromatic carbocycles. The molecule has 5 heteroatoms. The standard InChI is InChI=1S/C10H13O3.C10H15.CO.Fe/c1-11-10(12-2,13-3)9-7-5-4-6-8-9;1-6-7(2)9(4)10(5)8(6)3;1-2;/h4-7H,1-3H3;1-5H3;;/q-1;;;+2. The van der Waals surface area contributed by atoms with Gasteiger partial charge in [-0.25, -0.2) is 0 Å². The van der Waals surface area contributed by atoms with Crippen LogP contribution in [0.5, 0.6) is 0 Å². The van der Waals surface area contributed by atoms with E-state index in [-0.39, 0.29) is 17.1 Å². The summed E-state index contributed by atoms with van der Waals surface area (Å²) in [5.74, 6) is 6.20. The van der Waals surface area contributed by atoms with Crippen LogP contribution in [0.15, 0.2) is 24.3 Å². The number of hydrogen-bond acceptors (Lipinski definition) is 3. The van der Waals surface area contributed by atoms with Gasteiger partial charge in [0, 0.05) is 21.3 Å². The Morgan fingerprint density at radius 1 is 0.769 bits per heavy atom. The fraction of sp³-hybridized carbons (Fsp3) is 0.429. The molecule has 26 heavy (non-hydrogen) atoms. The van der Waals surface area contributed by atoms with Gasteiger partial charge < -0.3 is 14.2 Å². The van der Waals surface area contributed by atoms with Crippen LogP contribution < -0.4 is 0 Å². The van der Waals surface area contributed by atoms with Gasteiger partial charge in [0.1, 0.15) is 0 Å². The molecule has 0 saturated heterocycles. The van der Waals surface area contributed by atoms with Crippen molar-refractivity contribution in [3.05, 3.63) is 72.1 Å². The van der Waals surface area contributed by atoms with Gasteiger partial charge in [-0.2, -0.15) is 30.3 Å². The molecule has 5 radical (unpaired) electrons. The summed E-state index contributed by atoms with van der Waals surface area (Å²) in [6, 6.07) is 10.3. The van der Waals surface area contributed by atoms with E-state index in [4.69, 9.17) is 18.9 Å². The Hall–Kier alpha value is -0.641. The maximum absolute atomic E-state index is 7.50. The van der Waals surface area contributed by atoms with Crippen molar-refractivity contribution in [1.82, 2.24) is 0 Å². The van der Waals surface area contributed by atoms with E-state index in [1.165, 1.54) is 50.9 Å². The van der Waals surface area contributed by atoms with Gasteiger partial charge in [0.2, 0.25) is 0 Å². The first-order valence-electron chi connectivity index (χ1n) is 7.87. The zero-order valence-electron chi connectivity index (χ0n) is 16.8. The monoisotopic (exact) mass is 400 g/mol. The van der Waals surface area contributed by atoms with Crippen molar-refractivity contribution in [2.24, 2.45) is 0 Å². The Labute approximate surface area is 170 Å². The summed E-state index contributed by atoms with van der Waals surface area (Å²) >= 11 is 0. The minimum absolute atomic E-state index is 0. The molecule has 0 unspecified atom stereocenters. The van der Waals surface area contributed by atoms with Gasteiger partial charge in [-0.3, -0.25) is 0 Å². The van der Waals surface area contributed by atoms with Crippen LogP contribution in [0.3, 0.4) is 0 Å². The molecule has 1 aliphatic rings. The number of benzene rings is 1. The molecule has 143 valence electrons. The van der Waals surface area contributed by atoms with Crippen molar-refractivity contribution < 1.29 is 35.9 Å². The Bertz CT molecular complexity index is 434. The first kappa shape index (κ1) is 27.6. The second-order valence-electron chi connectivity index (χ2n) is 5.57. The smallest absolute Gasteiger partial charge is 2.00 e. The summed E-state index contributed by atoms with van der Waals surface area (Å²) in [5.41, 5.74) is 0.711. The van der Waals surface area contributed by atoms with Gasteiger partial charge in [-0.15, -0.1) is 0 Å². The fourth-order valence-electron chi connectivity index (χ4n) is 2.57. The fourth-order valence-corrected chi connectivity index (χ4v) is 2.57. The van der Waals surface area contributed by atoms with Crippen molar-refractivity contribution in [1.29, 1.82) is 0 Å². The van der Waals surface area contributed by atoms with Gasteiger partial charge in [0.05, 0.1) is 0 Å². The SMILES string of the molecule is COC(OC)(OC)c1[c-]cccc1.C[C]1[C](C)[C](C)[C](C)[C]1C.[C-]#[O+].[Fe+2]. The van der Waals surface area contributed by atoms with Crippen LogP contribution >= 0.6 is 0 Å². The zero-order valence-corrected chi connectivity index (χ0v) is 17.9. The summed E-state index contributed by atoms with van der Waals surface area (Å²) in [5, 5.41) is 0. The number of ether oxygens (including phenoxy) is 3. The maximum Gasteiger partial charge on any atom is 2.00 e. The van der Waals surface area contributed by atoms with Crippen LogP contribution in [-0.4, -0.2) is 21.3 Å². The van der Waals surface area contributed by atoms with Gasteiger partial charge >= 0.3 is 28.4 Å². The summed E-state index contributed by atoms with van der Waals surface area (Å²) in [7, 11) is 4.56. The maximum atomic E-state index is 7.50. The Balaban J connectivity index is 0. The molecule has 0 heterocycles. The van der Waals surface area contributed by atoms with E-state index >= 15 is 0 Å². The number of methoxy groups -OCH3 is 3. The minimum Gasteiger partial charge on any atom is 2.00 e. The topological polar surface area (TPSA) is 47.6 Å². The minimum atomic E-state index is -1.14. The van der Waals surface area contributed by atoms with E-state index in [2.05, 4.69) is 47.3 Å². The van der Waals surface area contributed by atoms with Crippen LogP contribution in [0.4, 0.5) is 0 Å². The van der Waals surface area contributed by atoms with E-state index < -0.39 is 5.97 Å². The summed E-state index contributed by atoms with van der Waals surface area (Å²) in [6.07, 6.45) is 0. The largest absolute Gasteiger partial charge is 2.00 e. The molecule has 0 spiro atoms. The van der Waals surface area contributed by atoms with E-state index in [1.807, 2.05) is 18.2 Å². The Morgan fingerprint density at radius 3 is 1.35 bits per heavy atom. The predicted octanol–water partition coefficient (Wildman–Crippen LogP) is 4.47. The third kappa shape index (κ3) is 6.51. The van der Waals surface area contributed by atoms with Gasteiger partial charge in [0.15, 0.2) is 0 Å². The molecular weight excluding hydrogens is 372 g/mol. The quantitative estimate of drug-likeness (QED) is 0.324. The molecule has 1 fully saturated rings. The first-order chi connectivity index (χ1) is 11.8. The second-order valence-corrected chi connectivity index (χ2v) is 5.57. The predicted molar refractivity (Wildman–Crippen MR) is 96.5 cm³/mol. The van der Waals surface area contributed by atoms with Gasteiger partial charge in [-0.05, 0) is 29.6 Å². The van der Waals surface area contributed by atoms with Crippen molar-refractivity contribution in [3.8, 4) is 0 Å². The Kier molecular flexibility index (Phi) is 14.3. The van der Waals surface area contributed by atoms with Gasteiger partial charge in [0.25, 0.3) is 5.97 Å². The average molecular weight is 400 g/mol. The zero-order chi connectivity index (χ0) is 19.6. The third-order valence-corrected chi connectivity index (χ3v) is 4.66. The van der Waals surface area contributed by atoms with E-state index in [0.717, 1.165) is 0 Å². The molecular formula is C21H28FeO4+. The van der Waals surface area contributed by atoms with E-state index in [0.29, 0.717) is 5.56 Å². The van der Waals surface area contributed by atoms with Crippen LogP contribution in [0, 0.1) is 42.3 Å². The third-order valence-electron chi connectivity index (χ3n) is 4.66. The second kappa shape index (κ2) is 13.5. The molecule has 1 saturated carbocycles. The molecule has 0 amide bonds. The van der Waals surface area contributed by atoms with Gasteiger partial charge in [-0.1, -0.05) is 40.2 Å². The van der Waals surface area contributed by atoms with Crippen LogP contribution in [-0.2, 0) is 41.9 Å². The van der Waals surface area contributed by atoms with Crippen LogP contribution in [0.2, 0.25) is 0 Å². The number of hydrogen-bond donors (Lipinski definition) is 0. The average Bonchev–Trinajstić information content (AvgIpc) is 2.84. The Morgan fingerprint density at radius 2 is 1.12 bits per heavy atom. The normalized spacial score (nSPS) is 16.8.